The molecule has 1 amide bonds. The van der Waals surface area contributed by atoms with Crippen LogP contribution in [0.2, 0.25) is 5.02 Å². The van der Waals surface area contributed by atoms with Gasteiger partial charge >= 0.3 is 5.97 Å². The molecule has 1 atom stereocenters. The van der Waals surface area contributed by atoms with Crippen LogP contribution < -0.4 is 5.73 Å². The van der Waals surface area contributed by atoms with E-state index in [9.17, 15) is 9.59 Å². The minimum absolute atomic E-state index is 0.0878. The van der Waals surface area contributed by atoms with Crippen molar-refractivity contribution in [3.8, 4) is 0 Å². The molecule has 0 aliphatic carbocycles. The Balaban J connectivity index is 2.62. The summed E-state index contributed by atoms with van der Waals surface area (Å²) in [6.07, 6.45) is 0.454. The molecule has 5 nitrogen and oxygen atoms in total. The number of halogens is 1. The molecule has 1 aromatic rings. The number of hydrogen-bond acceptors (Lipinski definition) is 3. The lowest BCUT2D eigenvalue weighted by molar-refractivity contribution is -0.123. The Labute approximate surface area is 115 Å². The summed E-state index contributed by atoms with van der Waals surface area (Å²) in [5.74, 6) is -1.56. The number of benzene rings is 1. The second-order valence-electron chi connectivity index (χ2n) is 4.70. The topological polar surface area (TPSA) is 89.6 Å². The third kappa shape index (κ3) is 2.19. The molecular weight excluding hydrogens is 270 g/mol. The molecule has 102 valence electrons. The molecular formula is C13H14ClNO4. The van der Waals surface area contributed by atoms with Gasteiger partial charge in [-0.25, -0.2) is 4.79 Å². The quantitative estimate of drug-likeness (QED) is 0.879. The number of nitrogens with two attached hydrogens (primary N) is 1. The Morgan fingerprint density at radius 1 is 1.47 bits per heavy atom. The van der Waals surface area contributed by atoms with Crippen LogP contribution in [-0.2, 0) is 14.9 Å². The van der Waals surface area contributed by atoms with Crippen molar-refractivity contribution in [1.82, 2.24) is 0 Å². The highest BCUT2D eigenvalue weighted by Crippen LogP contribution is 2.39. The predicted octanol–water partition coefficient (Wildman–Crippen LogP) is 1.49. The lowest BCUT2D eigenvalue weighted by Crippen LogP contribution is -2.42. The lowest BCUT2D eigenvalue weighted by atomic mass is 9.76. The monoisotopic (exact) mass is 283 g/mol. The largest absolute Gasteiger partial charge is 0.478 e. The Hall–Kier alpha value is -1.59. The number of carboxylic acid groups (broad SMARTS) is 1. The van der Waals surface area contributed by atoms with Gasteiger partial charge in [-0.05, 0) is 36.6 Å². The highest BCUT2D eigenvalue weighted by Gasteiger charge is 2.44. The Bertz CT molecular complexity index is 527. The van der Waals surface area contributed by atoms with Crippen molar-refractivity contribution in [1.29, 1.82) is 0 Å². The summed E-state index contributed by atoms with van der Waals surface area (Å²) in [6.45, 7) is 2.32. The normalized spacial score (nSPS) is 22.4. The molecule has 0 radical (unpaired) electrons. The number of hydrogen-bond donors (Lipinski definition) is 2. The second-order valence-corrected chi connectivity index (χ2v) is 5.11. The van der Waals surface area contributed by atoms with E-state index in [1.807, 2.05) is 0 Å². The second kappa shape index (κ2) is 4.83. The summed E-state index contributed by atoms with van der Waals surface area (Å²) in [5, 5.41) is 9.23. The Kier molecular flexibility index (Phi) is 3.52. The van der Waals surface area contributed by atoms with Crippen LogP contribution in [0.1, 0.15) is 27.9 Å². The van der Waals surface area contributed by atoms with Crippen LogP contribution in [-0.4, -0.2) is 30.2 Å². The number of carbonyl (C=O) groups is 2. The number of carbonyl (C=O) groups excluding carboxylic acids is 1. The first-order chi connectivity index (χ1) is 8.88. The molecule has 3 N–H and O–H groups in total. The number of amides is 1. The number of ether oxygens (including phenoxy) is 1. The van der Waals surface area contributed by atoms with Gasteiger partial charge in [0, 0.05) is 11.6 Å². The molecule has 1 unspecified atom stereocenters. The van der Waals surface area contributed by atoms with Crippen molar-refractivity contribution in [2.45, 2.75) is 18.8 Å². The molecule has 1 saturated heterocycles. The number of carboxylic acids is 1. The summed E-state index contributed by atoms with van der Waals surface area (Å²) in [4.78, 5) is 22.8. The van der Waals surface area contributed by atoms with E-state index in [2.05, 4.69) is 0 Å². The summed E-state index contributed by atoms with van der Waals surface area (Å²) in [7, 11) is 0. The third-order valence-electron chi connectivity index (χ3n) is 3.51. The molecule has 0 saturated carbocycles. The smallest absolute Gasteiger partial charge is 0.335 e. The summed E-state index contributed by atoms with van der Waals surface area (Å²) < 4.78 is 5.29. The van der Waals surface area contributed by atoms with Crippen LogP contribution in [0.5, 0.6) is 0 Å². The van der Waals surface area contributed by atoms with Gasteiger partial charge in [0.2, 0.25) is 5.91 Å². The highest BCUT2D eigenvalue weighted by molar-refractivity contribution is 6.32. The van der Waals surface area contributed by atoms with E-state index in [1.54, 1.807) is 6.92 Å². The van der Waals surface area contributed by atoms with Gasteiger partial charge in [-0.1, -0.05) is 11.6 Å². The fraction of sp³-hybridized carbons (Fsp3) is 0.385. The molecule has 1 heterocycles. The van der Waals surface area contributed by atoms with E-state index in [0.717, 1.165) is 0 Å². The van der Waals surface area contributed by atoms with Gasteiger partial charge in [0.25, 0.3) is 0 Å². The minimum Gasteiger partial charge on any atom is -0.478 e. The standard InChI is InChI=1S/C13H14ClNO4/c1-7-4-8(11(16)17)5-9(14)10(7)13(12(15)18)2-3-19-6-13/h4-5H,2-3,6H2,1H3,(H2,15,18)(H,16,17). The minimum atomic E-state index is -1.06. The fourth-order valence-electron chi connectivity index (χ4n) is 2.55. The SMILES string of the molecule is Cc1cc(C(=O)O)cc(Cl)c1C1(C(N)=O)CCOC1. The molecule has 1 aliphatic rings. The van der Waals surface area contributed by atoms with Gasteiger partial charge in [-0.3, -0.25) is 4.79 Å². The van der Waals surface area contributed by atoms with Gasteiger partial charge < -0.3 is 15.6 Å². The molecule has 0 bridgehead atoms. The van der Waals surface area contributed by atoms with E-state index in [1.165, 1.54) is 12.1 Å². The zero-order valence-electron chi connectivity index (χ0n) is 10.4. The predicted molar refractivity (Wildman–Crippen MR) is 69.5 cm³/mol. The molecule has 2 rings (SSSR count). The Morgan fingerprint density at radius 3 is 2.58 bits per heavy atom. The van der Waals surface area contributed by atoms with E-state index in [4.69, 9.17) is 27.2 Å². The van der Waals surface area contributed by atoms with E-state index in [-0.39, 0.29) is 17.2 Å². The van der Waals surface area contributed by atoms with Crippen LogP contribution in [0.25, 0.3) is 0 Å². The van der Waals surface area contributed by atoms with E-state index in [0.29, 0.717) is 24.2 Å². The molecule has 1 aromatic carbocycles. The Morgan fingerprint density at radius 2 is 2.16 bits per heavy atom. The summed E-state index contributed by atoms with van der Waals surface area (Å²) in [6, 6.07) is 2.84. The van der Waals surface area contributed by atoms with Crippen molar-refractivity contribution in [3.05, 3.63) is 33.8 Å². The van der Waals surface area contributed by atoms with Crippen LogP contribution in [0.15, 0.2) is 12.1 Å². The molecule has 0 aromatic heterocycles. The van der Waals surface area contributed by atoms with Gasteiger partial charge in [-0.2, -0.15) is 0 Å². The van der Waals surface area contributed by atoms with Gasteiger partial charge in [0.1, 0.15) is 5.41 Å². The third-order valence-corrected chi connectivity index (χ3v) is 3.80. The van der Waals surface area contributed by atoms with Crippen molar-refractivity contribution >= 4 is 23.5 Å². The molecule has 0 spiro atoms. The maximum atomic E-state index is 11.8. The number of aryl methyl sites for hydroxylation is 1. The van der Waals surface area contributed by atoms with E-state index < -0.39 is 17.3 Å². The van der Waals surface area contributed by atoms with Crippen LogP contribution in [0.3, 0.4) is 0 Å². The van der Waals surface area contributed by atoms with Gasteiger partial charge in [0.05, 0.1) is 12.2 Å². The van der Waals surface area contributed by atoms with Crippen LogP contribution >= 0.6 is 11.6 Å². The lowest BCUT2D eigenvalue weighted by Gasteiger charge is -2.27. The maximum Gasteiger partial charge on any atom is 0.335 e. The molecule has 6 heteroatoms. The van der Waals surface area contributed by atoms with Crippen molar-refractivity contribution in [2.75, 3.05) is 13.2 Å². The fourth-order valence-corrected chi connectivity index (χ4v) is 3.00. The molecule has 1 fully saturated rings. The van der Waals surface area contributed by atoms with Crippen molar-refractivity contribution < 1.29 is 19.4 Å². The molecule has 19 heavy (non-hydrogen) atoms. The maximum absolute atomic E-state index is 11.8. The first kappa shape index (κ1) is 13.8. The zero-order chi connectivity index (χ0) is 14.2. The van der Waals surface area contributed by atoms with Crippen LogP contribution in [0, 0.1) is 6.92 Å². The highest BCUT2D eigenvalue weighted by atomic mass is 35.5. The van der Waals surface area contributed by atoms with Crippen molar-refractivity contribution in [2.24, 2.45) is 5.73 Å². The van der Waals surface area contributed by atoms with Gasteiger partial charge in [0.15, 0.2) is 0 Å². The average Bonchev–Trinajstić information content (AvgIpc) is 2.78. The van der Waals surface area contributed by atoms with Gasteiger partial charge in [-0.15, -0.1) is 0 Å². The number of primary amides is 1. The summed E-state index contributed by atoms with van der Waals surface area (Å²) in [5.41, 5.74) is 5.84. The van der Waals surface area contributed by atoms with Crippen molar-refractivity contribution in [3.63, 3.8) is 0 Å². The summed E-state index contributed by atoms with van der Waals surface area (Å²) >= 11 is 6.17. The number of rotatable bonds is 3. The number of aromatic carboxylic acids is 1. The van der Waals surface area contributed by atoms with Crippen LogP contribution in [0.4, 0.5) is 0 Å². The van der Waals surface area contributed by atoms with E-state index >= 15 is 0 Å². The molecule has 1 aliphatic heterocycles. The average molecular weight is 284 g/mol. The first-order valence-corrected chi connectivity index (χ1v) is 6.18. The zero-order valence-corrected chi connectivity index (χ0v) is 11.2. The first-order valence-electron chi connectivity index (χ1n) is 5.80.